The quantitative estimate of drug-likeness (QED) is 0.440. The van der Waals surface area contributed by atoms with Crippen molar-refractivity contribution in [3.05, 3.63) is 28.3 Å². The molecule has 0 spiro atoms. The topological polar surface area (TPSA) is 89.8 Å². The Morgan fingerprint density at radius 1 is 1.47 bits per heavy atom. The minimum atomic E-state index is -3.90. The molecule has 0 aromatic heterocycles. The van der Waals surface area contributed by atoms with E-state index in [0.717, 1.165) is 10.4 Å². The molecule has 0 saturated carbocycles. The van der Waals surface area contributed by atoms with Crippen LogP contribution < -0.4 is 4.74 Å². The van der Waals surface area contributed by atoms with Crippen molar-refractivity contribution < 1.29 is 18.1 Å². The number of halogens is 1. The summed E-state index contributed by atoms with van der Waals surface area (Å²) in [5.74, 6) is 0.230. The van der Waals surface area contributed by atoms with E-state index in [-0.39, 0.29) is 17.2 Å². The normalized spacial score (nSPS) is 11.6. The molecule has 9 heteroatoms. The van der Waals surface area contributed by atoms with E-state index in [1.807, 2.05) is 0 Å². The zero-order valence-electron chi connectivity index (χ0n) is 10.4. The van der Waals surface area contributed by atoms with E-state index >= 15 is 0 Å². The molecule has 1 aromatic carbocycles. The van der Waals surface area contributed by atoms with E-state index in [0.29, 0.717) is 5.33 Å². The highest BCUT2D eigenvalue weighted by Crippen LogP contribution is 2.29. The molecule has 7 nitrogen and oxygen atoms in total. The van der Waals surface area contributed by atoms with Gasteiger partial charge in [0.25, 0.3) is 5.69 Å². The summed E-state index contributed by atoms with van der Waals surface area (Å²) in [6, 6.07) is 3.65. The third-order valence-electron chi connectivity index (χ3n) is 2.45. The van der Waals surface area contributed by atoms with E-state index < -0.39 is 20.6 Å². The van der Waals surface area contributed by atoms with Crippen molar-refractivity contribution in [1.82, 2.24) is 4.31 Å². The molecular weight excluding hydrogens is 340 g/mol. The average molecular weight is 353 g/mol. The summed E-state index contributed by atoms with van der Waals surface area (Å²) in [4.78, 5) is 9.89. The Hall–Kier alpha value is -1.19. The third kappa shape index (κ3) is 3.43. The van der Waals surface area contributed by atoms with Crippen LogP contribution in [0.1, 0.15) is 0 Å². The van der Waals surface area contributed by atoms with Crippen LogP contribution in [-0.4, -0.2) is 43.7 Å². The number of sulfonamides is 1. The maximum absolute atomic E-state index is 12.2. The number of methoxy groups -OCH3 is 1. The van der Waals surface area contributed by atoms with Gasteiger partial charge >= 0.3 is 0 Å². The predicted molar refractivity (Wildman–Crippen MR) is 73.3 cm³/mol. The maximum Gasteiger partial charge on any atom is 0.293 e. The van der Waals surface area contributed by atoms with Crippen LogP contribution in [-0.2, 0) is 10.0 Å². The molecule has 0 bridgehead atoms. The Labute approximate surface area is 119 Å². The molecule has 0 aliphatic carbocycles. The van der Waals surface area contributed by atoms with Gasteiger partial charge < -0.3 is 4.74 Å². The fourth-order valence-corrected chi connectivity index (χ4v) is 3.46. The molecule has 1 aromatic rings. The molecule has 0 fully saturated rings. The van der Waals surface area contributed by atoms with Crippen LogP contribution in [0, 0.1) is 10.1 Å². The van der Waals surface area contributed by atoms with Crippen molar-refractivity contribution in [2.45, 2.75) is 4.90 Å². The van der Waals surface area contributed by atoms with Crippen LogP contribution in [0.5, 0.6) is 5.75 Å². The molecule has 0 aliphatic rings. The number of rotatable bonds is 6. The number of hydrogen-bond acceptors (Lipinski definition) is 5. The number of alkyl halides is 1. The van der Waals surface area contributed by atoms with Crippen molar-refractivity contribution in [3.63, 3.8) is 0 Å². The van der Waals surface area contributed by atoms with Gasteiger partial charge in [0.1, 0.15) is 5.75 Å². The van der Waals surface area contributed by atoms with Gasteiger partial charge in [0.2, 0.25) is 10.0 Å². The summed E-state index contributed by atoms with van der Waals surface area (Å²) >= 11 is 3.13. The van der Waals surface area contributed by atoms with Gasteiger partial charge in [-0.05, 0) is 12.1 Å². The van der Waals surface area contributed by atoms with Gasteiger partial charge in [0, 0.05) is 18.9 Å². The number of nitrogens with zero attached hydrogens (tertiary/aromatic N) is 2. The highest BCUT2D eigenvalue weighted by Gasteiger charge is 2.29. The molecule has 0 saturated heterocycles. The summed E-state index contributed by atoms with van der Waals surface area (Å²) in [5.41, 5.74) is -0.499. The first-order chi connectivity index (χ1) is 8.84. The molecule has 19 heavy (non-hydrogen) atoms. The smallest absolute Gasteiger partial charge is 0.293 e. The van der Waals surface area contributed by atoms with Gasteiger partial charge in [-0.15, -0.1) is 0 Å². The van der Waals surface area contributed by atoms with E-state index in [1.165, 1.54) is 26.3 Å². The van der Waals surface area contributed by atoms with E-state index in [4.69, 9.17) is 4.74 Å². The number of benzene rings is 1. The lowest BCUT2D eigenvalue weighted by molar-refractivity contribution is -0.387. The molecule has 0 amide bonds. The lowest BCUT2D eigenvalue weighted by Crippen LogP contribution is -2.29. The van der Waals surface area contributed by atoms with Gasteiger partial charge in [0.15, 0.2) is 4.90 Å². The van der Waals surface area contributed by atoms with Gasteiger partial charge in [-0.3, -0.25) is 10.1 Å². The SMILES string of the molecule is COc1ccc(S(=O)(=O)N(C)CCBr)c([N+](=O)[O-])c1. The van der Waals surface area contributed by atoms with Crippen molar-refractivity contribution in [1.29, 1.82) is 0 Å². The summed E-state index contributed by atoms with van der Waals surface area (Å²) in [5, 5.41) is 11.4. The minimum Gasteiger partial charge on any atom is -0.497 e. The summed E-state index contributed by atoms with van der Waals surface area (Å²) in [6.45, 7) is 0.214. The zero-order valence-corrected chi connectivity index (χ0v) is 12.8. The van der Waals surface area contributed by atoms with E-state index in [1.54, 1.807) is 0 Å². The first kappa shape index (κ1) is 15.9. The largest absolute Gasteiger partial charge is 0.497 e. The second-order valence-electron chi connectivity index (χ2n) is 3.61. The monoisotopic (exact) mass is 352 g/mol. The van der Waals surface area contributed by atoms with Gasteiger partial charge in [0.05, 0.1) is 18.1 Å². The van der Waals surface area contributed by atoms with Crippen LogP contribution in [0.3, 0.4) is 0 Å². The number of hydrogen-bond donors (Lipinski definition) is 0. The van der Waals surface area contributed by atoms with Crippen LogP contribution in [0.15, 0.2) is 23.1 Å². The predicted octanol–water partition coefficient (Wildman–Crippen LogP) is 1.62. The zero-order chi connectivity index (χ0) is 14.6. The minimum absolute atomic E-state index is 0.214. The van der Waals surface area contributed by atoms with Crippen LogP contribution in [0.2, 0.25) is 0 Å². The van der Waals surface area contributed by atoms with Crippen molar-refractivity contribution in [2.75, 3.05) is 26.0 Å². The summed E-state index contributed by atoms with van der Waals surface area (Å²) < 4.78 is 30.3. The average Bonchev–Trinajstić information content (AvgIpc) is 2.38. The van der Waals surface area contributed by atoms with Crippen molar-refractivity contribution in [2.24, 2.45) is 0 Å². The first-order valence-electron chi connectivity index (χ1n) is 5.19. The molecule has 0 N–H and O–H groups in total. The molecule has 0 aliphatic heterocycles. The number of nitro benzene ring substituents is 1. The van der Waals surface area contributed by atoms with Crippen LogP contribution >= 0.6 is 15.9 Å². The maximum atomic E-state index is 12.2. The lowest BCUT2D eigenvalue weighted by atomic mass is 10.3. The molecule has 0 radical (unpaired) electrons. The summed E-state index contributed by atoms with van der Waals surface area (Å²) in [6.07, 6.45) is 0. The highest BCUT2D eigenvalue weighted by molar-refractivity contribution is 9.09. The molecular formula is C10H13BrN2O5S. The van der Waals surface area contributed by atoms with E-state index in [9.17, 15) is 18.5 Å². The van der Waals surface area contributed by atoms with Crippen LogP contribution in [0.4, 0.5) is 5.69 Å². The molecule has 0 atom stereocenters. The third-order valence-corrected chi connectivity index (χ3v) is 4.71. The first-order valence-corrected chi connectivity index (χ1v) is 7.75. The molecule has 0 unspecified atom stereocenters. The molecule has 106 valence electrons. The number of nitro groups is 1. The molecule has 1 rings (SSSR count). The number of ether oxygens (including phenoxy) is 1. The van der Waals surface area contributed by atoms with E-state index in [2.05, 4.69) is 15.9 Å². The highest BCUT2D eigenvalue weighted by atomic mass is 79.9. The molecule has 0 heterocycles. The Bertz CT molecular complexity index is 575. The second-order valence-corrected chi connectivity index (χ2v) is 6.41. The fraction of sp³-hybridized carbons (Fsp3) is 0.400. The Morgan fingerprint density at radius 2 is 2.11 bits per heavy atom. The van der Waals surface area contributed by atoms with Crippen LogP contribution in [0.25, 0.3) is 0 Å². The fourth-order valence-electron chi connectivity index (χ4n) is 1.39. The second kappa shape index (κ2) is 6.31. The van der Waals surface area contributed by atoms with Crippen molar-refractivity contribution >= 4 is 31.6 Å². The Balaban J connectivity index is 3.38. The summed E-state index contributed by atoms with van der Waals surface area (Å²) in [7, 11) is -1.18. The standard InChI is InChI=1S/C10H13BrN2O5S/c1-12(6-5-11)19(16,17)10-4-3-8(18-2)7-9(10)13(14)15/h3-4,7H,5-6H2,1-2H3. The lowest BCUT2D eigenvalue weighted by Gasteiger charge is -2.16. The van der Waals surface area contributed by atoms with Crippen molar-refractivity contribution in [3.8, 4) is 5.75 Å². The Kier molecular flexibility index (Phi) is 5.27. The van der Waals surface area contributed by atoms with Gasteiger partial charge in [-0.25, -0.2) is 8.42 Å². The Morgan fingerprint density at radius 3 is 2.58 bits per heavy atom. The van der Waals surface area contributed by atoms with Gasteiger partial charge in [-0.1, -0.05) is 15.9 Å². The van der Waals surface area contributed by atoms with Gasteiger partial charge in [-0.2, -0.15) is 4.31 Å².